The number of ether oxygens (including phenoxy) is 1. The number of amides is 2. The minimum Gasteiger partial charge on any atom is -0.457 e. The lowest BCUT2D eigenvalue weighted by Crippen LogP contribution is -2.49. The van der Waals surface area contributed by atoms with E-state index in [1.807, 2.05) is 37.3 Å². The molecule has 12 heteroatoms. The summed E-state index contributed by atoms with van der Waals surface area (Å²) in [5.41, 5.74) is 2.01. The third-order valence-corrected chi connectivity index (χ3v) is 7.59. The molecule has 4 rings (SSSR count). The fourth-order valence-electron chi connectivity index (χ4n) is 4.79. The number of hydrogen-bond donors (Lipinski definition) is 2. The van der Waals surface area contributed by atoms with Crippen molar-refractivity contribution in [3.8, 4) is 17.6 Å². The molecule has 2 N–H and O–H groups in total. The van der Waals surface area contributed by atoms with Crippen LogP contribution < -0.4 is 19.7 Å². The number of rotatable bonds is 11. The van der Waals surface area contributed by atoms with Crippen LogP contribution in [0.15, 0.2) is 66.7 Å². The fraction of sp³-hybridized carbons (Fsp3) is 0.355. The quantitative estimate of drug-likeness (QED) is 0.259. The highest BCUT2D eigenvalue weighted by atomic mass is 35.5. The molecule has 43 heavy (non-hydrogen) atoms. The third kappa shape index (κ3) is 10.1. The number of hydrogen-bond acceptors (Lipinski definition) is 6. The van der Waals surface area contributed by atoms with Crippen LogP contribution in [0.5, 0.6) is 11.5 Å². The molecule has 3 aromatic rings. The first-order valence-electron chi connectivity index (χ1n) is 14.0. The van der Waals surface area contributed by atoms with E-state index in [1.165, 1.54) is 17.0 Å². The maximum Gasteiger partial charge on any atom is 0.322 e. The Balaban J connectivity index is 0.00000506. The summed E-state index contributed by atoms with van der Waals surface area (Å²) in [7, 11) is -3.33. The molecule has 0 bridgehead atoms. The Labute approximate surface area is 259 Å². The average Bonchev–Trinajstić information content (AvgIpc) is 2.96. The van der Waals surface area contributed by atoms with Crippen molar-refractivity contribution in [2.24, 2.45) is 0 Å². The van der Waals surface area contributed by atoms with Gasteiger partial charge in [0.15, 0.2) is 0 Å². The predicted octanol–water partition coefficient (Wildman–Crippen LogP) is 6.26. The van der Waals surface area contributed by atoms with Crippen LogP contribution in [0.2, 0.25) is 0 Å². The van der Waals surface area contributed by atoms with Gasteiger partial charge in [-0.1, -0.05) is 25.5 Å². The maximum atomic E-state index is 14.7. The van der Waals surface area contributed by atoms with Crippen LogP contribution in [0, 0.1) is 17.1 Å². The van der Waals surface area contributed by atoms with Crippen LogP contribution in [-0.2, 0) is 16.6 Å². The highest BCUT2D eigenvalue weighted by Crippen LogP contribution is 2.25. The van der Waals surface area contributed by atoms with Gasteiger partial charge in [0.1, 0.15) is 17.3 Å². The highest BCUT2D eigenvalue weighted by molar-refractivity contribution is 7.92. The number of carbonyl (C=O) groups is 1. The molecule has 0 radical (unpaired) electrons. The number of sulfonamides is 1. The van der Waals surface area contributed by atoms with Crippen LogP contribution in [0.1, 0.15) is 43.7 Å². The first-order chi connectivity index (χ1) is 20.1. The molecule has 0 aromatic heterocycles. The van der Waals surface area contributed by atoms with Gasteiger partial charge in [0.2, 0.25) is 10.0 Å². The molecule has 2 amide bonds. The molecule has 9 nitrogen and oxygen atoms in total. The zero-order valence-electron chi connectivity index (χ0n) is 24.3. The van der Waals surface area contributed by atoms with E-state index in [1.54, 1.807) is 24.3 Å². The Morgan fingerprint density at radius 3 is 2.26 bits per heavy atom. The number of nitrogens with zero attached hydrogens (tertiary/aromatic N) is 3. The van der Waals surface area contributed by atoms with Crippen molar-refractivity contribution in [1.29, 1.82) is 5.26 Å². The van der Waals surface area contributed by atoms with Crippen molar-refractivity contribution in [2.75, 3.05) is 35.5 Å². The fourth-order valence-corrected chi connectivity index (χ4v) is 5.36. The average molecular weight is 630 g/mol. The van der Waals surface area contributed by atoms with E-state index in [0.717, 1.165) is 63.2 Å². The lowest BCUT2D eigenvalue weighted by molar-refractivity contribution is 0.188. The second-order valence-corrected chi connectivity index (χ2v) is 12.2. The number of urea groups is 1. The molecule has 0 spiro atoms. The number of anilines is 2. The van der Waals surface area contributed by atoms with Crippen LogP contribution in [0.25, 0.3) is 0 Å². The van der Waals surface area contributed by atoms with Gasteiger partial charge in [-0.25, -0.2) is 17.6 Å². The molecule has 1 heterocycles. The van der Waals surface area contributed by atoms with Gasteiger partial charge in [0.05, 0.1) is 23.6 Å². The van der Waals surface area contributed by atoms with Crippen molar-refractivity contribution < 1.29 is 22.3 Å². The van der Waals surface area contributed by atoms with Crippen LogP contribution in [-0.4, -0.2) is 51.3 Å². The van der Waals surface area contributed by atoms with Crippen molar-refractivity contribution in [1.82, 2.24) is 10.2 Å². The maximum absolute atomic E-state index is 14.7. The van der Waals surface area contributed by atoms with Crippen LogP contribution in [0.3, 0.4) is 0 Å². The van der Waals surface area contributed by atoms with Crippen molar-refractivity contribution in [3.05, 3.63) is 83.7 Å². The van der Waals surface area contributed by atoms with Crippen molar-refractivity contribution in [3.63, 3.8) is 0 Å². The van der Waals surface area contributed by atoms with Crippen LogP contribution in [0.4, 0.5) is 20.6 Å². The van der Waals surface area contributed by atoms with Gasteiger partial charge in [-0.15, -0.1) is 12.4 Å². The van der Waals surface area contributed by atoms with Gasteiger partial charge in [0.25, 0.3) is 0 Å². The minimum atomic E-state index is -3.33. The van der Waals surface area contributed by atoms with E-state index in [2.05, 4.69) is 14.9 Å². The first-order valence-corrected chi connectivity index (χ1v) is 15.9. The Morgan fingerprint density at radius 1 is 1.07 bits per heavy atom. The van der Waals surface area contributed by atoms with E-state index in [4.69, 9.17) is 10.00 Å². The summed E-state index contributed by atoms with van der Waals surface area (Å²) in [6, 6.07) is 20.3. The molecular formula is C31H37ClFN5O4S. The summed E-state index contributed by atoms with van der Waals surface area (Å²) in [6.45, 7) is 4.82. The number of piperidine rings is 1. The van der Waals surface area contributed by atoms with Gasteiger partial charge >= 0.3 is 6.03 Å². The zero-order chi connectivity index (χ0) is 30.1. The van der Waals surface area contributed by atoms with Crippen molar-refractivity contribution >= 4 is 39.8 Å². The summed E-state index contributed by atoms with van der Waals surface area (Å²) >= 11 is 0. The molecule has 3 aromatic carbocycles. The Hall–Kier alpha value is -3.85. The molecule has 1 fully saturated rings. The van der Waals surface area contributed by atoms with E-state index in [0.29, 0.717) is 23.7 Å². The molecule has 0 unspecified atom stereocenters. The third-order valence-electron chi connectivity index (χ3n) is 6.99. The molecular weight excluding hydrogens is 593 g/mol. The predicted molar refractivity (Wildman–Crippen MR) is 169 cm³/mol. The van der Waals surface area contributed by atoms with Gasteiger partial charge in [0, 0.05) is 37.9 Å². The largest absolute Gasteiger partial charge is 0.457 e. The van der Waals surface area contributed by atoms with Gasteiger partial charge in [-0.05, 0) is 79.4 Å². The number of halogens is 2. The summed E-state index contributed by atoms with van der Waals surface area (Å²) in [5, 5.41) is 12.1. The molecule has 1 saturated heterocycles. The smallest absolute Gasteiger partial charge is 0.322 e. The first kappa shape index (κ1) is 33.6. The summed E-state index contributed by atoms with van der Waals surface area (Å²) in [5.74, 6) is 0.697. The molecule has 1 aliphatic rings. The molecule has 230 valence electrons. The Morgan fingerprint density at radius 2 is 1.70 bits per heavy atom. The monoisotopic (exact) mass is 629 g/mol. The number of nitrogens with one attached hydrogen (secondary N) is 2. The number of likely N-dealkylation sites (tertiary alicyclic amines) is 1. The SMILES string of the molecule is CCCCN(C(=O)NC1CCN(Cc2ccc(Oc3ccc(NS(C)(=O)=O)cc3)cc2)CC1)c1ccc(C#N)cc1F.Cl. The zero-order valence-corrected chi connectivity index (χ0v) is 25.9. The van der Waals surface area contributed by atoms with E-state index in [9.17, 15) is 17.6 Å². The topological polar surface area (TPSA) is 115 Å². The summed E-state index contributed by atoms with van der Waals surface area (Å²) in [4.78, 5) is 16.9. The van der Waals surface area contributed by atoms with Gasteiger partial charge in [-0.2, -0.15) is 5.26 Å². The molecule has 0 atom stereocenters. The molecule has 0 saturated carbocycles. The standard InChI is InChI=1S/C31H36FN5O4S.ClH/c1-3-4-17-37(30-14-7-24(21-33)20-29(30)32)31(38)34-25-15-18-36(19-16-25)22-23-5-10-27(11-6-23)41-28-12-8-26(9-13-28)35-42(2,39)40;/h5-14,20,25,35H,3-4,15-19,22H2,1-2H3,(H,34,38);1H. The second-order valence-electron chi connectivity index (χ2n) is 10.4. The number of unbranched alkanes of at least 4 members (excludes halogenated alkanes) is 1. The second kappa shape index (κ2) is 15.6. The van der Waals surface area contributed by atoms with E-state index < -0.39 is 15.8 Å². The van der Waals surface area contributed by atoms with Gasteiger partial charge in [-0.3, -0.25) is 14.5 Å². The minimum absolute atomic E-state index is 0. The summed E-state index contributed by atoms with van der Waals surface area (Å²) < 4.78 is 45.7. The Kier molecular flexibility index (Phi) is 12.2. The lowest BCUT2D eigenvalue weighted by Gasteiger charge is -2.34. The lowest BCUT2D eigenvalue weighted by atomic mass is 10.0. The van der Waals surface area contributed by atoms with Gasteiger partial charge < -0.3 is 10.1 Å². The normalized spacial score (nSPS) is 13.8. The van der Waals surface area contributed by atoms with E-state index in [-0.39, 0.29) is 35.7 Å². The number of carbonyl (C=O) groups excluding carboxylic acids is 1. The summed E-state index contributed by atoms with van der Waals surface area (Å²) in [6.07, 6.45) is 4.28. The highest BCUT2D eigenvalue weighted by Gasteiger charge is 2.25. The number of benzene rings is 3. The Bertz CT molecular complexity index is 1510. The molecule has 0 aliphatic carbocycles. The van der Waals surface area contributed by atoms with E-state index >= 15 is 0 Å². The number of nitriles is 1. The van der Waals surface area contributed by atoms with Crippen LogP contribution >= 0.6 is 12.4 Å². The molecule has 1 aliphatic heterocycles. The van der Waals surface area contributed by atoms with Crippen molar-refractivity contribution in [2.45, 2.75) is 45.2 Å².